The second-order valence-electron chi connectivity index (χ2n) is 4.94. The number of nitrogens with two attached hydrogens (primary N) is 1. The number of rotatable bonds is 5. The molecular weight excluding hydrogens is 283 g/mol. The number of hydrogen-bond donors (Lipinski definition) is 2. The van der Waals surface area contributed by atoms with Gasteiger partial charge in [0.25, 0.3) is 0 Å². The van der Waals surface area contributed by atoms with Crippen molar-refractivity contribution in [2.75, 3.05) is 25.5 Å². The first-order chi connectivity index (χ1) is 9.70. The number of nitrogens with one attached hydrogen (secondary N) is 1. The zero-order valence-electron chi connectivity index (χ0n) is 12.3. The van der Waals surface area contributed by atoms with Gasteiger partial charge in [-0.05, 0) is 23.8 Å². The van der Waals surface area contributed by atoms with Gasteiger partial charge in [-0.1, -0.05) is 6.92 Å². The monoisotopic (exact) mass is 303 g/mol. The lowest BCUT2D eigenvalue weighted by Crippen LogP contribution is -2.34. The Hall–Kier alpha value is -1.76. The van der Waals surface area contributed by atoms with Gasteiger partial charge in [0.1, 0.15) is 0 Å². The third-order valence-electron chi connectivity index (χ3n) is 3.28. The van der Waals surface area contributed by atoms with E-state index in [0.29, 0.717) is 17.8 Å². The van der Waals surface area contributed by atoms with Crippen LogP contribution in [0.1, 0.15) is 18.1 Å². The van der Waals surface area contributed by atoms with E-state index in [1.165, 1.54) is 6.07 Å². The summed E-state index contributed by atoms with van der Waals surface area (Å²) < 4.78 is 38.1. The molecule has 4 nitrogen and oxygen atoms in total. The molecule has 0 radical (unpaired) electrons. The van der Waals surface area contributed by atoms with Crippen LogP contribution < -0.4 is 16.0 Å². The molecule has 0 saturated carbocycles. The van der Waals surface area contributed by atoms with Crippen LogP contribution in [0.3, 0.4) is 0 Å². The molecule has 1 atom stereocenters. The van der Waals surface area contributed by atoms with Gasteiger partial charge < -0.3 is 16.0 Å². The maximum absolute atomic E-state index is 12.7. The van der Waals surface area contributed by atoms with Gasteiger partial charge in [0, 0.05) is 32.9 Å². The second-order valence-corrected chi connectivity index (χ2v) is 4.94. The molecule has 0 heterocycles. The molecule has 0 aromatic heterocycles. The fourth-order valence-electron chi connectivity index (χ4n) is 2.14. The van der Waals surface area contributed by atoms with Crippen LogP contribution in [0.15, 0.2) is 18.2 Å². The largest absolute Gasteiger partial charge is 0.416 e. The average molecular weight is 303 g/mol. The Labute approximate surface area is 122 Å². The highest BCUT2D eigenvalue weighted by Crippen LogP contribution is 2.32. The number of amides is 1. The van der Waals surface area contributed by atoms with E-state index >= 15 is 0 Å². The lowest BCUT2D eigenvalue weighted by Gasteiger charge is -2.25. The maximum Gasteiger partial charge on any atom is 0.416 e. The highest BCUT2D eigenvalue weighted by Gasteiger charge is 2.31. The maximum atomic E-state index is 12.7. The minimum atomic E-state index is -4.39. The molecule has 0 aliphatic rings. The van der Waals surface area contributed by atoms with Crippen LogP contribution in [0.5, 0.6) is 0 Å². The van der Waals surface area contributed by atoms with Gasteiger partial charge in [-0.2, -0.15) is 13.2 Å². The van der Waals surface area contributed by atoms with Gasteiger partial charge in [0.15, 0.2) is 0 Å². The Kier molecular flexibility index (Phi) is 5.60. The van der Waals surface area contributed by atoms with E-state index in [4.69, 9.17) is 5.73 Å². The van der Waals surface area contributed by atoms with E-state index in [1.807, 2.05) is 0 Å². The van der Waals surface area contributed by atoms with Gasteiger partial charge in [0.2, 0.25) is 5.91 Å². The zero-order chi connectivity index (χ0) is 16.2. The van der Waals surface area contributed by atoms with E-state index in [-0.39, 0.29) is 18.4 Å². The molecular formula is C14H20F3N3O. The van der Waals surface area contributed by atoms with Crippen LogP contribution in [0.2, 0.25) is 0 Å². The van der Waals surface area contributed by atoms with Crippen LogP contribution in [-0.2, 0) is 17.5 Å². The Balaban J connectivity index is 2.99. The van der Waals surface area contributed by atoms with Crippen LogP contribution in [-0.4, -0.2) is 26.5 Å². The molecule has 1 amide bonds. The molecule has 0 bridgehead atoms. The van der Waals surface area contributed by atoms with Crippen molar-refractivity contribution in [2.45, 2.75) is 19.6 Å². The van der Waals surface area contributed by atoms with Crippen LogP contribution in [0.25, 0.3) is 0 Å². The van der Waals surface area contributed by atoms with Gasteiger partial charge in [-0.15, -0.1) is 0 Å². The third-order valence-corrected chi connectivity index (χ3v) is 3.28. The Morgan fingerprint density at radius 1 is 1.43 bits per heavy atom. The number of hydrogen-bond acceptors (Lipinski definition) is 3. The van der Waals surface area contributed by atoms with Crippen molar-refractivity contribution in [1.29, 1.82) is 0 Å². The van der Waals surface area contributed by atoms with Gasteiger partial charge in [-0.3, -0.25) is 4.79 Å². The molecule has 0 spiro atoms. The minimum Gasteiger partial charge on any atom is -0.374 e. The van der Waals surface area contributed by atoms with Crippen molar-refractivity contribution in [2.24, 2.45) is 11.7 Å². The first-order valence-corrected chi connectivity index (χ1v) is 6.53. The standard InChI is InChI=1S/C14H20F3N3O/c1-9(13(21)19-2)8-20(3)12-5-4-11(14(15,16)17)6-10(12)7-18/h4-6,9H,7-8,18H2,1-3H3,(H,19,21). The summed E-state index contributed by atoms with van der Waals surface area (Å²) in [6, 6.07) is 3.47. The predicted octanol–water partition coefficient (Wildman–Crippen LogP) is 1.98. The highest BCUT2D eigenvalue weighted by atomic mass is 19.4. The molecule has 0 aliphatic heterocycles. The summed E-state index contributed by atoms with van der Waals surface area (Å²) in [7, 11) is 3.27. The van der Waals surface area contributed by atoms with Crippen molar-refractivity contribution in [1.82, 2.24) is 5.32 Å². The Morgan fingerprint density at radius 3 is 2.52 bits per heavy atom. The number of benzene rings is 1. The molecule has 1 aromatic rings. The first-order valence-electron chi connectivity index (χ1n) is 6.53. The summed E-state index contributed by atoms with van der Waals surface area (Å²) >= 11 is 0. The Morgan fingerprint density at radius 2 is 2.05 bits per heavy atom. The van der Waals surface area contributed by atoms with Crippen LogP contribution in [0, 0.1) is 5.92 Å². The molecule has 0 saturated heterocycles. The second kappa shape index (κ2) is 6.80. The molecule has 1 aromatic carbocycles. The van der Waals surface area contributed by atoms with Crippen molar-refractivity contribution in [3.63, 3.8) is 0 Å². The minimum absolute atomic E-state index is 0.00204. The van der Waals surface area contributed by atoms with E-state index in [2.05, 4.69) is 5.32 Å². The fourth-order valence-corrected chi connectivity index (χ4v) is 2.14. The van der Waals surface area contributed by atoms with Gasteiger partial charge in [0.05, 0.1) is 11.5 Å². The molecule has 1 unspecified atom stereocenters. The van der Waals surface area contributed by atoms with Crippen LogP contribution in [0.4, 0.5) is 18.9 Å². The lowest BCUT2D eigenvalue weighted by atomic mass is 10.1. The quantitative estimate of drug-likeness (QED) is 0.874. The number of halogens is 3. The van der Waals surface area contributed by atoms with E-state index in [0.717, 1.165) is 12.1 Å². The molecule has 118 valence electrons. The molecule has 7 heteroatoms. The number of anilines is 1. The molecule has 1 rings (SSSR count). The normalized spacial score (nSPS) is 12.9. The fraction of sp³-hybridized carbons (Fsp3) is 0.500. The van der Waals surface area contributed by atoms with E-state index in [1.54, 1.807) is 25.9 Å². The Bertz CT molecular complexity index is 503. The van der Waals surface area contributed by atoms with Gasteiger partial charge in [-0.25, -0.2) is 0 Å². The van der Waals surface area contributed by atoms with Crippen LogP contribution >= 0.6 is 0 Å². The smallest absolute Gasteiger partial charge is 0.374 e. The number of alkyl halides is 3. The van der Waals surface area contributed by atoms with Crippen molar-refractivity contribution in [3.8, 4) is 0 Å². The van der Waals surface area contributed by atoms with Crippen molar-refractivity contribution in [3.05, 3.63) is 29.3 Å². The zero-order valence-corrected chi connectivity index (χ0v) is 12.3. The summed E-state index contributed by atoms with van der Waals surface area (Å²) in [6.07, 6.45) is -4.39. The lowest BCUT2D eigenvalue weighted by molar-refractivity contribution is -0.137. The van der Waals surface area contributed by atoms with E-state index < -0.39 is 11.7 Å². The summed E-state index contributed by atoms with van der Waals surface area (Å²) in [4.78, 5) is 13.2. The van der Waals surface area contributed by atoms with Gasteiger partial charge >= 0.3 is 6.18 Å². The molecule has 3 N–H and O–H groups in total. The third kappa shape index (κ3) is 4.35. The SMILES string of the molecule is CNC(=O)C(C)CN(C)c1ccc(C(F)(F)F)cc1CN. The van der Waals surface area contributed by atoms with E-state index in [9.17, 15) is 18.0 Å². The predicted molar refractivity (Wildman–Crippen MR) is 75.8 cm³/mol. The molecule has 21 heavy (non-hydrogen) atoms. The molecule has 0 aliphatic carbocycles. The summed E-state index contributed by atoms with van der Waals surface area (Å²) in [5, 5.41) is 2.54. The topological polar surface area (TPSA) is 58.4 Å². The summed E-state index contributed by atoms with van der Waals surface area (Å²) in [5.74, 6) is -0.407. The first kappa shape index (κ1) is 17.3. The highest BCUT2D eigenvalue weighted by molar-refractivity contribution is 5.78. The van der Waals surface area contributed by atoms with Crippen molar-refractivity contribution >= 4 is 11.6 Å². The van der Waals surface area contributed by atoms with Crippen molar-refractivity contribution < 1.29 is 18.0 Å². The number of carbonyl (C=O) groups excluding carboxylic acids is 1. The number of carbonyl (C=O) groups is 1. The summed E-state index contributed by atoms with van der Waals surface area (Å²) in [6.45, 7) is 2.14. The average Bonchev–Trinajstić information content (AvgIpc) is 2.44. The summed E-state index contributed by atoms with van der Waals surface area (Å²) in [5.41, 5.74) is 5.82. The molecule has 0 fully saturated rings. The number of nitrogens with zero attached hydrogens (tertiary/aromatic N) is 1.